The van der Waals surface area contributed by atoms with Crippen LogP contribution in [0.25, 0.3) is 0 Å². The van der Waals surface area contributed by atoms with E-state index in [1.807, 2.05) is 28.5 Å². The molecule has 0 saturated carbocycles. The third kappa shape index (κ3) is 4.83. The fourth-order valence-corrected chi connectivity index (χ4v) is 3.67. The van der Waals surface area contributed by atoms with Crippen LogP contribution < -0.4 is 5.32 Å². The molecule has 1 unspecified atom stereocenters. The van der Waals surface area contributed by atoms with Crippen LogP contribution in [-0.4, -0.2) is 51.0 Å². The summed E-state index contributed by atoms with van der Waals surface area (Å²) in [5, 5.41) is 10.8. The van der Waals surface area contributed by atoms with Gasteiger partial charge in [-0.1, -0.05) is 0 Å². The Hall–Kier alpha value is -1.31. The van der Waals surface area contributed by atoms with Crippen LogP contribution in [-0.2, 0) is 13.1 Å². The minimum atomic E-state index is -0.721. The number of halogens is 1. The van der Waals surface area contributed by atoms with Gasteiger partial charge >= 0.3 is 0 Å². The highest BCUT2D eigenvalue weighted by atomic mass is 32.1. The van der Waals surface area contributed by atoms with Gasteiger partial charge in [-0.3, -0.25) is 9.58 Å². The zero-order valence-electron chi connectivity index (χ0n) is 13.4. The minimum absolute atomic E-state index is 0.251. The average Bonchev–Trinajstić information content (AvgIpc) is 3.26. The minimum Gasteiger partial charge on any atom is -0.313 e. The number of alkyl halides is 1. The Morgan fingerprint density at radius 2 is 2.39 bits per heavy atom. The maximum Gasteiger partial charge on any atom is 0.114 e. The van der Waals surface area contributed by atoms with Crippen LogP contribution in [0.3, 0.4) is 0 Å². The van der Waals surface area contributed by atoms with Crippen molar-refractivity contribution in [2.45, 2.75) is 51.1 Å². The van der Waals surface area contributed by atoms with Crippen molar-refractivity contribution in [3.05, 3.63) is 35.0 Å². The third-order valence-corrected chi connectivity index (χ3v) is 5.12. The number of thiazole rings is 1. The predicted octanol–water partition coefficient (Wildman–Crippen LogP) is 2.32. The number of hydrogen-bond donors (Lipinski definition) is 1. The highest BCUT2D eigenvalue weighted by Crippen LogP contribution is 2.23. The first-order chi connectivity index (χ1) is 11.2. The quantitative estimate of drug-likeness (QED) is 0.803. The Kier molecular flexibility index (Phi) is 5.75. The Morgan fingerprint density at radius 1 is 1.48 bits per heavy atom. The summed E-state index contributed by atoms with van der Waals surface area (Å²) in [6.07, 6.45) is 6.50. The van der Waals surface area contributed by atoms with E-state index in [4.69, 9.17) is 0 Å². The van der Waals surface area contributed by atoms with Gasteiger partial charge in [-0.15, -0.1) is 11.3 Å². The molecule has 1 N–H and O–H groups in total. The van der Waals surface area contributed by atoms with E-state index in [1.165, 1.54) is 0 Å². The second kappa shape index (κ2) is 7.99. The first-order valence-corrected chi connectivity index (χ1v) is 9.06. The van der Waals surface area contributed by atoms with Crippen molar-refractivity contribution in [3.8, 4) is 0 Å². The number of hydrogen-bond acceptors (Lipinski definition) is 5. The maximum absolute atomic E-state index is 13.8. The summed E-state index contributed by atoms with van der Waals surface area (Å²) >= 11 is 1.64. The van der Waals surface area contributed by atoms with Gasteiger partial charge in [0.25, 0.3) is 0 Å². The normalized spacial score (nSPS) is 23.4. The number of nitrogens with zero attached hydrogens (tertiary/aromatic N) is 4. The molecule has 3 atom stereocenters. The van der Waals surface area contributed by atoms with Gasteiger partial charge in [0.2, 0.25) is 0 Å². The van der Waals surface area contributed by atoms with Gasteiger partial charge in [0, 0.05) is 55.7 Å². The molecule has 0 aromatic carbocycles. The fraction of sp³-hybridized carbons (Fsp3) is 0.625. The van der Waals surface area contributed by atoms with Crippen molar-refractivity contribution >= 4 is 11.3 Å². The molecule has 0 spiro atoms. The number of aryl methyl sites for hydroxylation is 1. The van der Waals surface area contributed by atoms with Crippen LogP contribution in [0.15, 0.2) is 30.0 Å². The molecule has 0 bridgehead atoms. The lowest BCUT2D eigenvalue weighted by atomic mass is 10.1. The summed E-state index contributed by atoms with van der Waals surface area (Å²) in [5.74, 6) is 0. The van der Waals surface area contributed by atoms with Gasteiger partial charge in [0.15, 0.2) is 0 Å². The molecular weight excluding hydrogens is 313 g/mol. The molecule has 1 aliphatic heterocycles. The number of aromatic nitrogens is 3. The summed E-state index contributed by atoms with van der Waals surface area (Å²) in [7, 11) is 0. The second-order valence-corrected chi connectivity index (χ2v) is 7.19. The molecule has 7 heteroatoms. The maximum atomic E-state index is 13.8. The van der Waals surface area contributed by atoms with E-state index in [-0.39, 0.29) is 6.04 Å². The van der Waals surface area contributed by atoms with Gasteiger partial charge < -0.3 is 5.32 Å². The molecule has 3 rings (SSSR count). The molecule has 3 heterocycles. The molecule has 2 aromatic rings. The van der Waals surface area contributed by atoms with Crippen LogP contribution in [0.1, 0.15) is 24.8 Å². The Morgan fingerprint density at radius 3 is 3.13 bits per heavy atom. The van der Waals surface area contributed by atoms with E-state index in [0.717, 1.165) is 31.1 Å². The number of likely N-dealkylation sites (tertiary alicyclic amines) is 1. The molecule has 0 radical (unpaired) electrons. The lowest BCUT2D eigenvalue weighted by molar-refractivity contribution is 0.225. The van der Waals surface area contributed by atoms with Crippen LogP contribution in [0.2, 0.25) is 0 Å². The first kappa shape index (κ1) is 16.5. The molecule has 126 valence electrons. The zero-order chi connectivity index (χ0) is 16.1. The molecule has 1 aliphatic rings. The van der Waals surface area contributed by atoms with Crippen molar-refractivity contribution in [1.82, 2.24) is 25.0 Å². The second-order valence-electron chi connectivity index (χ2n) is 6.21. The topological polar surface area (TPSA) is 46.0 Å². The van der Waals surface area contributed by atoms with Gasteiger partial charge in [-0.05, 0) is 25.8 Å². The molecule has 0 aliphatic carbocycles. The smallest absolute Gasteiger partial charge is 0.114 e. The highest BCUT2D eigenvalue weighted by Gasteiger charge is 2.32. The van der Waals surface area contributed by atoms with E-state index in [1.54, 1.807) is 17.5 Å². The van der Waals surface area contributed by atoms with E-state index >= 15 is 0 Å². The molecule has 5 nitrogen and oxygen atoms in total. The summed E-state index contributed by atoms with van der Waals surface area (Å²) in [4.78, 5) is 6.54. The lowest BCUT2D eigenvalue weighted by Gasteiger charge is -2.25. The SMILES string of the molecule is CC(CCn1cccn1)NC[C@@H]1C[C@H](F)CN1Cc1nccs1. The summed E-state index contributed by atoms with van der Waals surface area (Å²) in [6.45, 7) is 5.18. The van der Waals surface area contributed by atoms with Crippen LogP contribution in [0, 0.1) is 0 Å². The highest BCUT2D eigenvalue weighted by molar-refractivity contribution is 7.09. The van der Waals surface area contributed by atoms with E-state index < -0.39 is 6.17 Å². The van der Waals surface area contributed by atoms with Crippen molar-refractivity contribution in [1.29, 1.82) is 0 Å². The van der Waals surface area contributed by atoms with Crippen molar-refractivity contribution in [2.24, 2.45) is 0 Å². The van der Waals surface area contributed by atoms with Gasteiger partial charge in [0.1, 0.15) is 11.2 Å². The summed E-state index contributed by atoms with van der Waals surface area (Å²) in [6, 6.07) is 2.58. The fourth-order valence-electron chi connectivity index (χ4n) is 3.03. The third-order valence-electron chi connectivity index (χ3n) is 4.35. The summed E-state index contributed by atoms with van der Waals surface area (Å²) in [5.41, 5.74) is 0. The van der Waals surface area contributed by atoms with Crippen molar-refractivity contribution < 1.29 is 4.39 Å². The van der Waals surface area contributed by atoms with E-state index in [2.05, 4.69) is 27.2 Å². The van der Waals surface area contributed by atoms with Crippen LogP contribution >= 0.6 is 11.3 Å². The zero-order valence-corrected chi connectivity index (χ0v) is 14.3. The predicted molar refractivity (Wildman–Crippen MR) is 90.1 cm³/mol. The molecular formula is C16H24FN5S. The lowest BCUT2D eigenvalue weighted by Crippen LogP contribution is -2.41. The largest absolute Gasteiger partial charge is 0.313 e. The van der Waals surface area contributed by atoms with E-state index in [9.17, 15) is 4.39 Å². The van der Waals surface area contributed by atoms with E-state index in [0.29, 0.717) is 19.0 Å². The van der Waals surface area contributed by atoms with Crippen molar-refractivity contribution in [2.75, 3.05) is 13.1 Å². The molecule has 2 aromatic heterocycles. The van der Waals surface area contributed by atoms with Gasteiger partial charge in [0.05, 0.1) is 6.54 Å². The number of rotatable bonds is 8. The average molecular weight is 337 g/mol. The monoisotopic (exact) mass is 337 g/mol. The molecule has 1 saturated heterocycles. The van der Waals surface area contributed by atoms with Gasteiger partial charge in [-0.2, -0.15) is 5.10 Å². The molecule has 23 heavy (non-hydrogen) atoms. The summed E-state index contributed by atoms with van der Waals surface area (Å²) < 4.78 is 15.8. The Labute approximate surface area is 140 Å². The first-order valence-electron chi connectivity index (χ1n) is 8.18. The Balaban J connectivity index is 1.43. The Bertz CT molecular complexity index is 559. The number of nitrogens with one attached hydrogen (secondary N) is 1. The molecule has 1 fully saturated rings. The van der Waals surface area contributed by atoms with Gasteiger partial charge in [-0.25, -0.2) is 9.37 Å². The van der Waals surface area contributed by atoms with Crippen LogP contribution in [0.5, 0.6) is 0 Å². The standard InChI is InChI=1S/C16H24FN5S/c1-13(3-7-22-6-2-4-20-22)19-10-15-9-14(17)11-21(15)12-16-18-5-8-23-16/h2,4-6,8,13-15,19H,3,7,9-12H2,1H3/t13?,14-,15-/m0/s1. The van der Waals surface area contributed by atoms with Crippen molar-refractivity contribution in [3.63, 3.8) is 0 Å². The molecule has 0 amide bonds. The van der Waals surface area contributed by atoms with Crippen LogP contribution in [0.4, 0.5) is 4.39 Å².